The maximum absolute atomic E-state index is 13.6. The number of carbonyl (C=O) groups is 3. The van der Waals surface area contributed by atoms with Gasteiger partial charge in [-0.2, -0.15) is 5.10 Å². The Morgan fingerprint density at radius 1 is 1.07 bits per heavy atom. The fraction of sp³-hybridized carbons (Fsp3) is 0.308. The molecule has 2 amide bonds. The smallest absolute Gasteiger partial charge is 0.295 e. The molecular weight excluding hydrogens is 569 g/mol. The lowest BCUT2D eigenvalue weighted by molar-refractivity contribution is -0.222. The predicted molar refractivity (Wildman–Crippen MR) is 147 cm³/mol. The van der Waals surface area contributed by atoms with Crippen molar-refractivity contribution in [1.82, 2.24) is 34.1 Å². The Morgan fingerprint density at radius 3 is 2.33 bits per heavy atom. The highest BCUT2D eigenvalue weighted by Gasteiger charge is 2.32. The number of ketones is 1. The highest BCUT2D eigenvalue weighted by atomic mass is 31.2. The van der Waals surface area contributed by atoms with Gasteiger partial charge in [0, 0.05) is 37.9 Å². The second-order valence-electron chi connectivity index (χ2n) is 9.13. The van der Waals surface area contributed by atoms with Crippen molar-refractivity contribution in [1.29, 1.82) is 0 Å². The second-order valence-corrected chi connectivity index (χ2v) is 10.3. The predicted octanol–water partition coefficient (Wildman–Crippen LogP) is 1.17. The molecule has 15 nitrogen and oxygen atoms in total. The molecule has 1 aliphatic rings. The van der Waals surface area contributed by atoms with E-state index < -0.39 is 26.2 Å². The summed E-state index contributed by atoms with van der Waals surface area (Å²) in [6.45, 7) is 1.67. The zero-order valence-corrected chi connectivity index (χ0v) is 22.9. The number of methoxy groups -OCH3 is 1. The molecule has 0 bridgehead atoms. The Balaban J connectivity index is 0.00000405. The summed E-state index contributed by atoms with van der Waals surface area (Å²) in [6, 6.07) is 8.77. The molecule has 0 saturated carbocycles. The van der Waals surface area contributed by atoms with E-state index in [2.05, 4.69) is 19.6 Å². The van der Waals surface area contributed by atoms with E-state index in [1.807, 2.05) is 6.07 Å². The van der Waals surface area contributed by atoms with Crippen LogP contribution in [0.15, 0.2) is 49.1 Å². The molecule has 5 rings (SSSR count). The van der Waals surface area contributed by atoms with Gasteiger partial charge in [0.1, 0.15) is 30.1 Å². The van der Waals surface area contributed by atoms with Crippen LogP contribution in [0.4, 0.5) is 0 Å². The molecule has 1 atom stereocenters. The van der Waals surface area contributed by atoms with E-state index >= 15 is 0 Å². The van der Waals surface area contributed by atoms with Crippen molar-refractivity contribution < 1.29 is 38.0 Å². The highest BCUT2D eigenvalue weighted by molar-refractivity contribution is 7.44. The Bertz CT molecular complexity index is 1670. The molecular formula is C26H29N7O8P-. The summed E-state index contributed by atoms with van der Waals surface area (Å²) in [5, 5.41) is 4.39. The molecule has 0 aliphatic carbocycles. The molecule has 1 saturated heterocycles. The zero-order chi connectivity index (χ0) is 29.3. The van der Waals surface area contributed by atoms with E-state index in [9.17, 15) is 28.7 Å². The number of hydrogen-bond donors (Lipinski definition) is 1. The zero-order valence-electron chi connectivity index (χ0n) is 22.0. The van der Waals surface area contributed by atoms with Crippen LogP contribution in [0.5, 0.6) is 5.75 Å². The van der Waals surface area contributed by atoms with Crippen molar-refractivity contribution >= 4 is 36.3 Å². The minimum Gasteiger partial charge on any atom is -0.756 e. The molecule has 1 unspecified atom stereocenters. The molecule has 16 heteroatoms. The number of rotatable bonds is 8. The number of phosphoric acid groups is 1. The fourth-order valence-corrected chi connectivity index (χ4v) is 4.88. The topological polar surface area (TPSA) is 185 Å². The number of nitrogens with zero attached hydrogens (tertiary/aromatic N) is 7. The number of piperazine rings is 1. The van der Waals surface area contributed by atoms with Crippen LogP contribution in [0.1, 0.15) is 34.0 Å². The Labute approximate surface area is 240 Å². The van der Waals surface area contributed by atoms with Crippen molar-refractivity contribution in [2.75, 3.05) is 33.3 Å². The number of Topliss-reactive ketones (excluding diaryl/α,β-unsaturated/α-hetero) is 1. The van der Waals surface area contributed by atoms with E-state index in [0.717, 1.165) is 0 Å². The van der Waals surface area contributed by atoms with Gasteiger partial charge in [0.05, 0.1) is 24.3 Å². The maximum Gasteiger partial charge on any atom is 0.295 e. The number of amides is 2. The lowest BCUT2D eigenvalue weighted by Crippen LogP contribution is -2.52. The molecule has 4 heterocycles. The SMILES string of the molecule is C.COc1cnc(-n2cnc(C)n2)c2c1c(C(=O)C(=O)N1CCN(C(=O)c3ccccc3)CC1)cn2COP(=O)([O-])O. The lowest BCUT2D eigenvalue weighted by atomic mass is 10.1. The minimum atomic E-state index is -5.15. The number of benzene rings is 1. The molecule has 42 heavy (non-hydrogen) atoms. The van der Waals surface area contributed by atoms with Crippen molar-refractivity contribution in [3.8, 4) is 11.6 Å². The van der Waals surface area contributed by atoms with Gasteiger partial charge in [0.2, 0.25) is 0 Å². The molecule has 222 valence electrons. The first kappa shape index (κ1) is 30.5. The summed E-state index contributed by atoms with van der Waals surface area (Å²) in [7, 11) is -3.80. The van der Waals surface area contributed by atoms with E-state index in [-0.39, 0.29) is 67.5 Å². The Kier molecular flexibility index (Phi) is 8.87. The summed E-state index contributed by atoms with van der Waals surface area (Å²) >= 11 is 0. The number of aromatic nitrogens is 5. The summed E-state index contributed by atoms with van der Waals surface area (Å²) in [5.74, 6) is -1.19. The summed E-state index contributed by atoms with van der Waals surface area (Å²) < 4.78 is 23.9. The van der Waals surface area contributed by atoms with E-state index in [4.69, 9.17) is 4.74 Å². The number of fused-ring (bicyclic) bond motifs is 1. The number of phosphoric ester groups is 1. The quantitative estimate of drug-likeness (QED) is 0.174. The molecule has 1 N–H and O–H groups in total. The molecule has 4 aromatic rings. The number of aryl methyl sites for hydroxylation is 1. The van der Waals surface area contributed by atoms with Crippen LogP contribution >= 0.6 is 7.82 Å². The van der Waals surface area contributed by atoms with Gasteiger partial charge in [-0.15, -0.1) is 0 Å². The Hall–Kier alpha value is -4.43. The first-order chi connectivity index (χ1) is 19.6. The van der Waals surface area contributed by atoms with Gasteiger partial charge in [-0.1, -0.05) is 25.6 Å². The normalized spacial score (nSPS) is 14.8. The standard InChI is InChI=1S/C25H26N7O8P.CH4/c1-16-27-14-32(28-16)23-21-20(19(39-2)12-26-23)18(13-31(21)15-40-41(36,37)38)22(33)25(35)30-10-8-29(9-11-30)24(34)17-6-4-3-5-7-17;/h3-7,12-14H,8-11,15H2,1-2H3,(H2,36,37,38);1H4/p-1. The summed E-state index contributed by atoms with van der Waals surface area (Å²) in [5.41, 5.74) is 0.576. The summed E-state index contributed by atoms with van der Waals surface area (Å²) in [6.07, 6.45) is 3.93. The fourth-order valence-electron chi connectivity index (χ4n) is 4.61. The van der Waals surface area contributed by atoms with Crippen molar-refractivity contribution in [3.05, 3.63) is 66.0 Å². The highest BCUT2D eigenvalue weighted by Crippen LogP contribution is 2.36. The van der Waals surface area contributed by atoms with Crippen molar-refractivity contribution in [2.45, 2.75) is 21.1 Å². The third kappa shape index (κ3) is 6.09. The van der Waals surface area contributed by atoms with Crippen molar-refractivity contribution in [2.24, 2.45) is 0 Å². The average Bonchev–Trinajstić information content (AvgIpc) is 3.58. The van der Waals surface area contributed by atoms with Gasteiger partial charge in [-0.25, -0.2) is 14.6 Å². The monoisotopic (exact) mass is 598 g/mol. The number of hydrogen-bond acceptors (Lipinski definition) is 10. The van der Waals surface area contributed by atoms with Gasteiger partial charge in [-0.05, 0) is 19.1 Å². The van der Waals surface area contributed by atoms with Crippen LogP contribution in [0.25, 0.3) is 16.7 Å². The van der Waals surface area contributed by atoms with Crippen LogP contribution in [0, 0.1) is 6.92 Å². The molecule has 1 aromatic carbocycles. The van der Waals surface area contributed by atoms with Crippen LogP contribution < -0.4 is 9.63 Å². The largest absolute Gasteiger partial charge is 0.756 e. The van der Waals surface area contributed by atoms with E-state index in [0.29, 0.717) is 11.4 Å². The van der Waals surface area contributed by atoms with Crippen LogP contribution in [-0.2, 0) is 20.6 Å². The van der Waals surface area contributed by atoms with Gasteiger partial charge in [0.15, 0.2) is 5.82 Å². The lowest BCUT2D eigenvalue weighted by Gasteiger charge is -2.34. The van der Waals surface area contributed by atoms with Gasteiger partial charge in [0.25, 0.3) is 25.4 Å². The number of pyridine rings is 1. The minimum absolute atomic E-state index is 0. The first-order valence-electron chi connectivity index (χ1n) is 12.4. The van der Waals surface area contributed by atoms with Crippen molar-refractivity contribution in [3.63, 3.8) is 0 Å². The van der Waals surface area contributed by atoms with Gasteiger partial charge < -0.3 is 28.9 Å². The molecule has 1 fully saturated rings. The molecule has 0 spiro atoms. The van der Waals surface area contributed by atoms with Crippen LogP contribution in [-0.4, -0.2) is 89.9 Å². The molecule has 3 aromatic heterocycles. The first-order valence-corrected chi connectivity index (χ1v) is 13.9. The average molecular weight is 599 g/mol. The second kappa shape index (κ2) is 12.2. The van der Waals surface area contributed by atoms with Crippen LogP contribution in [0.3, 0.4) is 0 Å². The van der Waals surface area contributed by atoms with Crippen LogP contribution in [0.2, 0.25) is 0 Å². The third-order valence-electron chi connectivity index (χ3n) is 6.56. The third-order valence-corrected chi connectivity index (χ3v) is 7.00. The molecule has 0 radical (unpaired) electrons. The van der Waals surface area contributed by atoms with Gasteiger partial charge in [-0.3, -0.25) is 23.5 Å². The number of ether oxygens (including phenoxy) is 1. The van der Waals surface area contributed by atoms with Gasteiger partial charge >= 0.3 is 0 Å². The Morgan fingerprint density at radius 2 is 1.74 bits per heavy atom. The number of carbonyl (C=O) groups excluding carboxylic acids is 3. The van der Waals surface area contributed by atoms with E-state index in [1.165, 1.54) is 40.0 Å². The maximum atomic E-state index is 13.6. The molecule has 1 aliphatic heterocycles. The summed E-state index contributed by atoms with van der Waals surface area (Å²) in [4.78, 5) is 71.7. The van der Waals surface area contributed by atoms with E-state index in [1.54, 1.807) is 36.1 Å².